The van der Waals surface area contributed by atoms with Crippen molar-refractivity contribution >= 4 is 72.1 Å². The second-order valence-electron chi connectivity index (χ2n) is 10.7. The van der Waals surface area contributed by atoms with Crippen molar-refractivity contribution in [2.75, 3.05) is 73.8 Å². The number of benzene rings is 3. The Bertz CT molecular complexity index is 1800. The highest BCUT2D eigenvalue weighted by atomic mass is 35.5. The smallest absolute Gasteiger partial charge is 0.257 e. The fraction of sp³-hybridized carbons (Fsp3) is 0.333. The molecule has 254 valence electrons. The van der Waals surface area contributed by atoms with E-state index in [1.807, 2.05) is 4.90 Å². The van der Waals surface area contributed by atoms with Gasteiger partial charge in [0.05, 0.1) is 29.0 Å². The molecule has 0 atom stereocenters. The highest BCUT2D eigenvalue weighted by molar-refractivity contribution is 7.92. The lowest BCUT2D eigenvalue weighted by Gasteiger charge is -2.35. The van der Waals surface area contributed by atoms with E-state index in [0.29, 0.717) is 34.4 Å². The molecule has 4 rings (SSSR count). The number of anilines is 3. The molecule has 0 unspecified atom stereocenters. The van der Waals surface area contributed by atoms with Crippen LogP contribution in [0.1, 0.15) is 15.9 Å². The van der Waals surface area contributed by atoms with Gasteiger partial charge in [0, 0.05) is 67.7 Å². The van der Waals surface area contributed by atoms with Gasteiger partial charge in [-0.3, -0.25) is 13.9 Å². The van der Waals surface area contributed by atoms with Crippen molar-refractivity contribution in [2.45, 2.75) is 11.4 Å². The van der Waals surface area contributed by atoms with Crippen LogP contribution in [0, 0.1) is 0 Å². The van der Waals surface area contributed by atoms with Gasteiger partial charge in [-0.1, -0.05) is 29.3 Å². The monoisotopic (exact) mass is 726 g/mol. The van der Waals surface area contributed by atoms with Crippen molar-refractivity contribution in [1.29, 1.82) is 0 Å². The number of halogens is 2. The fourth-order valence-electron chi connectivity index (χ4n) is 4.79. The summed E-state index contributed by atoms with van der Waals surface area (Å²) < 4.78 is 58.9. The van der Waals surface area contributed by atoms with E-state index in [4.69, 9.17) is 33.7 Å². The van der Waals surface area contributed by atoms with Crippen LogP contribution in [-0.4, -0.2) is 92.2 Å². The van der Waals surface area contributed by atoms with Crippen LogP contribution in [0.5, 0.6) is 0 Å². The number of piperazine rings is 1. The first-order chi connectivity index (χ1) is 22.2. The first kappa shape index (κ1) is 36.4. The van der Waals surface area contributed by atoms with Gasteiger partial charge in [0.1, 0.15) is 6.61 Å². The molecule has 1 aliphatic rings. The van der Waals surface area contributed by atoms with Gasteiger partial charge in [0.2, 0.25) is 26.0 Å². The Morgan fingerprint density at radius 3 is 2.17 bits per heavy atom. The summed E-state index contributed by atoms with van der Waals surface area (Å²) in [5.74, 6) is -1.02. The van der Waals surface area contributed by atoms with Gasteiger partial charge in [-0.25, -0.2) is 16.8 Å². The second-order valence-corrected chi connectivity index (χ2v) is 15.5. The van der Waals surface area contributed by atoms with Gasteiger partial charge in [-0.2, -0.15) is 4.31 Å². The number of carbonyl (C=O) groups excluding carboxylic acids is 2. The largest absolute Gasteiger partial charge is 0.370 e. The van der Waals surface area contributed by atoms with Gasteiger partial charge in [-0.05, 0) is 60.2 Å². The number of sulfonamides is 2. The Kier molecular flexibility index (Phi) is 12.1. The Hall–Kier alpha value is -3.44. The lowest BCUT2D eigenvalue weighted by molar-refractivity contribution is -0.125. The molecule has 0 radical (unpaired) electrons. The molecule has 4 N–H and O–H groups in total. The van der Waals surface area contributed by atoms with Crippen LogP contribution >= 0.6 is 23.2 Å². The number of hydrogen-bond donors (Lipinski definition) is 3. The third-order valence-corrected chi connectivity index (χ3v) is 10.9. The van der Waals surface area contributed by atoms with Crippen LogP contribution in [-0.2, 0) is 36.1 Å². The van der Waals surface area contributed by atoms with Crippen LogP contribution in [0.2, 0.25) is 10.0 Å². The predicted molar refractivity (Wildman–Crippen MR) is 183 cm³/mol. The van der Waals surface area contributed by atoms with Gasteiger partial charge in [0.15, 0.2) is 0 Å². The molecule has 3 aromatic carbocycles. The molecule has 0 spiro atoms. The van der Waals surface area contributed by atoms with Gasteiger partial charge < -0.3 is 26.0 Å². The summed E-state index contributed by atoms with van der Waals surface area (Å²) in [5.41, 5.74) is 7.14. The maximum absolute atomic E-state index is 13.5. The lowest BCUT2D eigenvalue weighted by atomic mass is 10.1. The molecule has 3 aromatic rings. The molecule has 1 saturated heterocycles. The fourth-order valence-corrected chi connectivity index (χ4v) is 7.25. The molecule has 13 nitrogen and oxygen atoms in total. The van der Waals surface area contributed by atoms with Crippen molar-refractivity contribution in [1.82, 2.24) is 9.62 Å². The summed E-state index contributed by atoms with van der Waals surface area (Å²) in [6, 6.07) is 15.5. The van der Waals surface area contributed by atoms with E-state index in [1.165, 1.54) is 47.8 Å². The lowest BCUT2D eigenvalue weighted by Crippen LogP contribution is -2.48. The topological polar surface area (TPSA) is 171 Å². The van der Waals surface area contributed by atoms with Crippen LogP contribution < -0.4 is 25.6 Å². The number of nitrogens with zero attached hydrogens (tertiary/aromatic N) is 3. The SMILES string of the molecule is CN(c1ccc(CNC(=O)COCCN)cc1C(=O)Nc1ccc(S(=O)(=O)N2CCN(c3cc(Cl)cc(Cl)c3)CC2)cc1)S(C)(=O)=O. The zero-order valence-corrected chi connectivity index (χ0v) is 28.9. The van der Waals surface area contributed by atoms with Gasteiger partial charge in [0.25, 0.3) is 5.91 Å². The number of hydrogen-bond acceptors (Lipinski definition) is 9. The Balaban J connectivity index is 1.46. The quantitative estimate of drug-likeness (QED) is 0.224. The molecular weight excluding hydrogens is 691 g/mol. The van der Waals surface area contributed by atoms with E-state index >= 15 is 0 Å². The standard InChI is InChI=1S/C30H36Cl2N6O7S2/c1-36(46(2,41)42)28-8-3-21(19-34-29(39)20-45-14-9-33)15-27(28)30(40)35-24-4-6-26(7-5-24)47(43,44)38-12-10-37(11-13-38)25-17-22(31)16-23(32)18-25/h3-8,15-18H,9-14,19-20,33H2,1-2H3,(H,34,39)(H,35,40). The molecule has 1 aliphatic heterocycles. The van der Waals surface area contributed by atoms with Crippen LogP contribution in [0.15, 0.2) is 65.6 Å². The molecule has 0 bridgehead atoms. The maximum Gasteiger partial charge on any atom is 0.257 e. The number of amides is 2. The molecular formula is C30H36Cl2N6O7S2. The van der Waals surface area contributed by atoms with E-state index in [-0.39, 0.29) is 61.4 Å². The Labute approximate surface area is 284 Å². The zero-order chi connectivity index (χ0) is 34.4. The molecule has 0 saturated carbocycles. The summed E-state index contributed by atoms with van der Waals surface area (Å²) in [5, 5.41) is 6.37. The van der Waals surface area contributed by atoms with Crippen molar-refractivity contribution in [3.63, 3.8) is 0 Å². The predicted octanol–water partition coefficient (Wildman–Crippen LogP) is 2.74. The summed E-state index contributed by atoms with van der Waals surface area (Å²) in [4.78, 5) is 27.6. The first-order valence-corrected chi connectivity index (χ1v) is 18.5. The maximum atomic E-state index is 13.5. The van der Waals surface area contributed by atoms with Crippen LogP contribution in [0.3, 0.4) is 0 Å². The Morgan fingerprint density at radius 2 is 1.57 bits per heavy atom. The second kappa shape index (κ2) is 15.6. The highest BCUT2D eigenvalue weighted by Gasteiger charge is 2.29. The van der Waals surface area contributed by atoms with E-state index in [9.17, 15) is 26.4 Å². The normalized spacial score (nSPS) is 14.1. The van der Waals surface area contributed by atoms with Crippen molar-refractivity contribution < 1.29 is 31.2 Å². The zero-order valence-electron chi connectivity index (χ0n) is 25.8. The molecule has 2 amide bonds. The first-order valence-electron chi connectivity index (χ1n) is 14.4. The molecule has 0 aliphatic carbocycles. The summed E-state index contributed by atoms with van der Waals surface area (Å²) >= 11 is 12.3. The minimum atomic E-state index is -3.82. The van der Waals surface area contributed by atoms with Crippen LogP contribution in [0.4, 0.5) is 17.1 Å². The molecule has 1 fully saturated rings. The van der Waals surface area contributed by atoms with E-state index < -0.39 is 26.0 Å². The minimum absolute atomic E-state index is 0.0274. The Morgan fingerprint density at radius 1 is 0.936 bits per heavy atom. The van der Waals surface area contributed by atoms with E-state index in [2.05, 4.69) is 10.6 Å². The summed E-state index contributed by atoms with van der Waals surface area (Å²) in [7, 11) is -6.22. The third kappa shape index (κ3) is 9.56. The van der Waals surface area contributed by atoms with Gasteiger partial charge >= 0.3 is 0 Å². The van der Waals surface area contributed by atoms with Crippen LogP contribution in [0.25, 0.3) is 0 Å². The average molecular weight is 728 g/mol. The van der Waals surface area contributed by atoms with E-state index in [1.54, 1.807) is 24.3 Å². The number of nitrogens with two attached hydrogens (primary N) is 1. The molecule has 17 heteroatoms. The number of carbonyl (C=O) groups is 2. The molecule has 47 heavy (non-hydrogen) atoms. The number of nitrogens with one attached hydrogen (secondary N) is 2. The van der Waals surface area contributed by atoms with E-state index in [0.717, 1.165) is 16.2 Å². The minimum Gasteiger partial charge on any atom is -0.370 e. The number of ether oxygens (including phenoxy) is 1. The third-order valence-electron chi connectivity index (χ3n) is 7.33. The van der Waals surface area contributed by atoms with Crippen molar-refractivity contribution in [3.05, 3.63) is 81.8 Å². The van der Waals surface area contributed by atoms with Gasteiger partial charge in [-0.15, -0.1) is 0 Å². The van der Waals surface area contributed by atoms with Crippen molar-refractivity contribution in [2.24, 2.45) is 5.73 Å². The summed E-state index contributed by atoms with van der Waals surface area (Å²) in [6.07, 6.45) is 1.01. The summed E-state index contributed by atoms with van der Waals surface area (Å²) in [6.45, 7) is 1.77. The highest BCUT2D eigenvalue weighted by Crippen LogP contribution is 2.28. The van der Waals surface area contributed by atoms with Crippen molar-refractivity contribution in [3.8, 4) is 0 Å². The molecule has 0 aromatic heterocycles. The molecule has 1 heterocycles. The number of rotatable bonds is 13. The average Bonchev–Trinajstić information content (AvgIpc) is 3.03.